The standard InChI is InChI=1S/C25H34F2N10O2/c1-6-18(27)33-22-20(24(39)28-4)37(14-32-22)16(3)23(38)35-19-9-10-30-21(34-19)15(2)13-31-25(29-5)36-11-7-8-17(36)12-26/h9-10,13-14,16-18,33H,5-8,11-12H2,1-4H3,(H,28,39)(H,30,34,35,38). The van der Waals surface area contributed by atoms with Crippen LogP contribution in [0.1, 0.15) is 62.4 Å². The Hall–Kier alpha value is -4.23. The molecule has 3 N–H and O–H groups in total. The molecule has 2 aromatic heterocycles. The van der Waals surface area contributed by atoms with E-state index in [1.54, 1.807) is 25.7 Å². The number of likely N-dealkylation sites (tertiary alicyclic amines) is 1. The molecule has 1 aliphatic rings. The molecule has 39 heavy (non-hydrogen) atoms. The molecule has 0 bridgehead atoms. The van der Waals surface area contributed by atoms with Crippen molar-refractivity contribution < 1.29 is 18.4 Å². The number of halogens is 2. The molecule has 210 valence electrons. The van der Waals surface area contributed by atoms with E-state index in [4.69, 9.17) is 0 Å². The van der Waals surface area contributed by atoms with Gasteiger partial charge in [0.1, 0.15) is 18.5 Å². The number of aliphatic imine (C=N–C) groups is 2. The van der Waals surface area contributed by atoms with Crippen molar-refractivity contribution in [3.05, 3.63) is 36.3 Å². The molecule has 1 aliphatic heterocycles. The number of rotatable bonds is 10. The zero-order chi connectivity index (χ0) is 28.5. The highest BCUT2D eigenvalue weighted by atomic mass is 19.1. The van der Waals surface area contributed by atoms with Gasteiger partial charge >= 0.3 is 0 Å². The fourth-order valence-electron chi connectivity index (χ4n) is 4.01. The highest BCUT2D eigenvalue weighted by Gasteiger charge is 2.27. The normalized spacial score (nSPS) is 17.5. The largest absolute Gasteiger partial charge is 0.354 e. The van der Waals surface area contributed by atoms with Gasteiger partial charge in [-0.1, -0.05) is 6.92 Å². The lowest BCUT2D eigenvalue weighted by Crippen LogP contribution is -2.35. The molecule has 14 heteroatoms. The van der Waals surface area contributed by atoms with E-state index >= 15 is 0 Å². The Bertz CT molecular complexity index is 1250. The molecular formula is C25H34F2N10O2. The summed E-state index contributed by atoms with van der Waals surface area (Å²) in [5.74, 6) is -0.109. The van der Waals surface area contributed by atoms with Gasteiger partial charge in [-0.2, -0.15) is 0 Å². The number of amides is 2. The summed E-state index contributed by atoms with van der Waals surface area (Å²) in [7, 11) is 1.43. The molecule has 0 saturated carbocycles. The molecule has 12 nitrogen and oxygen atoms in total. The van der Waals surface area contributed by atoms with E-state index in [9.17, 15) is 18.4 Å². The number of aromatic nitrogens is 4. The first-order chi connectivity index (χ1) is 18.7. The summed E-state index contributed by atoms with van der Waals surface area (Å²) in [5, 5.41) is 7.74. The number of imidazole rings is 1. The van der Waals surface area contributed by atoms with Crippen LogP contribution in [0.4, 0.5) is 20.4 Å². The van der Waals surface area contributed by atoms with Crippen LogP contribution >= 0.6 is 0 Å². The van der Waals surface area contributed by atoms with Crippen molar-refractivity contribution in [1.29, 1.82) is 0 Å². The van der Waals surface area contributed by atoms with Crippen LogP contribution < -0.4 is 16.0 Å². The number of nitrogens with zero attached hydrogens (tertiary/aromatic N) is 7. The Kier molecular flexibility index (Phi) is 10.2. The van der Waals surface area contributed by atoms with Crippen LogP contribution in [0.15, 0.2) is 34.8 Å². The number of anilines is 2. The maximum atomic E-state index is 13.9. The lowest BCUT2D eigenvalue weighted by molar-refractivity contribution is -0.118. The summed E-state index contributed by atoms with van der Waals surface area (Å²) in [5.41, 5.74) is 0.608. The molecule has 0 aromatic carbocycles. The van der Waals surface area contributed by atoms with Crippen molar-refractivity contribution >= 4 is 41.7 Å². The van der Waals surface area contributed by atoms with Crippen LogP contribution in [0.2, 0.25) is 0 Å². The van der Waals surface area contributed by atoms with Crippen molar-refractivity contribution in [3.63, 3.8) is 0 Å². The molecule has 2 amide bonds. The zero-order valence-corrected chi connectivity index (χ0v) is 22.5. The van der Waals surface area contributed by atoms with Crippen LogP contribution in [0.5, 0.6) is 0 Å². The topological polar surface area (TPSA) is 142 Å². The molecule has 3 atom stereocenters. The summed E-state index contributed by atoms with van der Waals surface area (Å²) < 4.78 is 28.6. The second-order valence-corrected chi connectivity index (χ2v) is 8.92. The molecule has 3 heterocycles. The van der Waals surface area contributed by atoms with E-state index in [-0.39, 0.29) is 29.8 Å². The van der Waals surface area contributed by atoms with Crippen LogP contribution in [0.3, 0.4) is 0 Å². The average Bonchev–Trinajstić information content (AvgIpc) is 3.59. The van der Waals surface area contributed by atoms with Crippen molar-refractivity contribution in [2.75, 3.05) is 30.9 Å². The van der Waals surface area contributed by atoms with Gasteiger partial charge < -0.3 is 25.4 Å². The molecular weight excluding hydrogens is 510 g/mol. The molecule has 0 spiro atoms. The second-order valence-electron chi connectivity index (χ2n) is 8.92. The van der Waals surface area contributed by atoms with Gasteiger partial charge in [0.05, 0.1) is 12.4 Å². The van der Waals surface area contributed by atoms with Crippen LogP contribution in [0, 0.1) is 0 Å². The fourth-order valence-corrected chi connectivity index (χ4v) is 4.01. The first-order valence-corrected chi connectivity index (χ1v) is 12.6. The zero-order valence-electron chi connectivity index (χ0n) is 22.5. The van der Waals surface area contributed by atoms with Gasteiger partial charge in [-0.3, -0.25) is 9.59 Å². The SMILES string of the molecule is C=NC(=NC=C(C)c1nccc(NC(=O)C(C)n2cnc(NC(F)CC)c2C(=O)NC)n1)N1CCCC1CF. The van der Waals surface area contributed by atoms with Crippen LogP contribution in [-0.2, 0) is 4.79 Å². The molecule has 2 aromatic rings. The maximum absolute atomic E-state index is 13.9. The Morgan fingerprint density at radius 2 is 2.13 bits per heavy atom. The number of hydrogen-bond acceptors (Lipinski definition) is 7. The lowest BCUT2D eigenvalue weighted by atomic mass is 10.2. The molecule has 0 aliphatic carbocycles. The molecule has 1 saturated heterocycles. The lowest BCUT2D eigenvalue weighted by Gasteiger charge is -2.22. The number of hydrogen-bond donors (Lipinski definition) is 3. The predicted molar refractivity (Wildman–Crippen MR) is 146 cm³/mol. The number of carbonyl (C=O) groups is 2. The minimum Gasteiger partial charge on any atom is -0.354 e. The smallest absolute Gasteiger partial charge is 0.271 e. The monoisotopic (exact) mass is 544 g/mol. The predicted octanol–water partition coefficient (Wildman–Crippen LogP) is 3.20. The minimum atomic E-state index is -1.40. The highest BCUT2D eigenvalue weighted by Crippen LogP contribution is 2.22. The van der Waals surface area contributed by atoms with E-state index < -0.39 is 30.8 Å². The van der Waals surface area contributed by atoms with Gasteiger partial charge in [-0.25, -0.2) is 33.7 Å². The minimum absolute atomic E-state index is 0.0240. The summed E-state index contributed by atoms with van der Waals surface area (Å²) in [6.45, 7) is 8.68. The third kappa shape index (κ3) is 7.00. The van der Waals surface area contributed by atoms with Gasteiger partial charge in [0, 0.05) is 31.6 Å². The maximum Gasteiger partial charge on any atom is 0.271 e. The van der Waals surface area contributed by atoms with E-state index in [1.807, 2.05) is 0 Å². The van der Waals surface area contributed by atoms with E-state index in [0.717, 1.165) is 12.8 Å². The van der Waals surface area contributed by atoms with E-state index in [2.05, 4.69) is 47.6 Å². The van der Waals surface area contributed by atoms with E-state index in [0.29, 0.717) is 23.9 Å². The van der Waals surface area contributed by atoms with Gasteiger partial charge in [-0.15, -0.1) is 0 Å². The Balaban J connectivity index is 1.78. The van der Waals surface area contributed by atoms with Gasteiger partial charge in [0.15, 0.2) is 23.6 Å². The first kappa shape index (κ1) is 29.3. The number of guanidine groups is 1. The van der Waals surface area contributed by atoms with Crippen LogP contribution in [0.25, 0.3) is 5.57 Å². The van der Waals surface area contributed by atoms with Crippen molar-refractivity contribution in [2.24, 2.45) is 9.98 Å². The number of carbonyl (C=O) groups excluding carboxylic acids is 2. The first-order valence-electron chi connectivity index (χ1n) is 12.6. The number of nitrogens with one attached hydrogen (secondary N) is 3. The highest BCUT2D eigenvalue weighted by molar-refractivity contribution is 5.99. The Morgan fingerprint density at radius 3 is 2.79 bits per heavy atom. The second kappa shape index (κ2) is 13.5. The quantitative estimate of drug-likeness (QED) is 0.237. The summed E-state index contributed by atoms with van der Waals surface area (Å²) in [6, 6.07) is 0.369. The third-order valence-electron chi connectivity index (χ3n) is 6.27. The molecule has 3 unspecified atom stereocenters. The summed E-state index contributed by atoms with van der Waals surface area (Å²) >= 11 is 0. The molecule has 3 rings (SSSR count). The summed E-state index contributed by atoms with van der Waals surface area (Å²) in [6.07, 6.45) is 4.66. The number of allylic oxidation sites excluding steroid dienone is 1. The fraction of sp³-hybridized carbons (Fsp3) is 0.480. The van der Waals surface area contributed by atoms with E-state index in [1.165, 1.54) is 36.4 Å². The Morgan fingerprint density at radius 1 is 1.36 bits per heavy atom. The summed E-state index contributed by atoms with van der Waals surface area (Å²) in [4.78, 5) is 48.4. The van der Waals surface area contributed by atoms with Gasteiger partial charge in [0.25, 0.3) is 5.91 Å². The van der Waals surface area contributed by atoms with Crippen LogP contribution in [-0.4, -0.2) is 81.5 Å². The third-order valence-corrected chi connectivity index (χ3v) is 6.27. The molecule has 0 radical (unpaired) electrons. The Labute approximate surface area is 225 Å². The van der Waals surface area contributed by atoms with Gasteiger partial charge in [-0.05, 0) is 45.9 Å². The molecule has 1 fully saturated rings. The van der Waals surface area contributed by atoms with Crippen molar-refractivity contribution in [2.45, 2.75) is 58.4 Å². The average molecular weight is 545 g/mol. The number of alkyl halides is 2. The van der Waals surface area contributed by atoms with Crippen molar-refractivity contribution in [1.82, 2.24) is 29.7 Å². The van der Waals surface area contributed by atoms with Gasteiger partial charge in [0.2, 0.25) is 11.9 Å². The van der Waals surface area contributed by atoms with Crippen molar-refractivity contribution in [3.8, 4) is 0 Å².